The third-order valence-electron chi connectivity index (χ3n) is 2.14. The molecule has 0 aromatic rings. The summed E-state index contributed by atoms with van der Waals surface area (Å²) in [6.07, 6.45) is 1.68. The van der Waals surface area contributed by atoms with Crippen LogP contribution < -0.4 is 10.6 Å². The van der Waals surface area contributed by atoms with Gasteiger partial charge in [-0.25, -0.2) is 0 Å². The average molecular weight is 230 g/mol. The quantitative estimate of drug-likeness (QED) is 0.587. The molecule has 0 saturated carbocycles. The van der Waals surface area contributed by atoms with Crippen molar-refractivity contribution < 1.29 is 9.53 Å². The fourth-order valence-corrected chi connectivity index (χ4v) is 1.39. The summed E-state index contributed by atoms with van der Waals surface area (Å²) in [6, 6.07) is 0.247. The molecule has 0 fully saturated rings. The molecule has 4 nitrogen and oxygen atoms in total. The molecule has 0 radical (unpaired) electrons. The smallest absolute Gasteiger partial charge is 0.221 e. The van der Waals surface area contributed by atoms with Gasteiger partial charge in [-0.15, -0.1) is 0 Å². The Morgan fingerprint density at radius 1 is 1.31 bits per heavy atom. The van der Waals surface area contributed by atoms with Crippen molar-refractivity contribution in [3.05, 3.63) is 0 Å². The molecule has 1 amide bonds. The van der Waals surface area contributed by atoms with Crippen molar-refractivity contribution in [3.8, 4) is 0 Å². The highest BCUT2D eigenvalue weighted by atomic mass is 16.5. The Hall–Kier alpha value is -0.610. The predicted octanol–water partition coefficient (Wildman–Crippen LogP) is 1.31. The standard InChI is InChI=1S/C12H26N2O2/c1-5-13-11(4)9-12(15)14-7-6-8-16-10(2)3/h10-11,13H,5-9H2,1-4H3,(H,14,15). The van der Waals surface area contributed by atoms with Crippen LogP contribution in [0.15, 0.2) is 0 Å². The Balaban J connectivity index is 3.36. The molecule has 0 bridgehead atoms. The minimum atomic E-state index is 0.109. The van der Waals surface area contributed by atoms with Crippen molar-refractivity contribution in [1.29, 1.82) is 0 Å². The SMILES string of the molecule is CCNC(C)CC(=O)NCCCOC(C)C. The van der Waals surface area contributed by atoms with E-state index in [1.165, 1.54) is 0 Å². The summed E-state index contributed by atoms with van der Waals surface area (Å²) < 4.78 is 5.38. The molecule has 0 aliphatic carbocycles. The first-order valence-electron chi connectivity index (χ1n) is 6.18. The van der Waals surface area contributed by atoms with Crippen molar-refractivity contribution in [2.75, 3.05) is 19.7 Å². The maximum absolute atomic E-state index is 11.4. The van der Waals surface area contributed by atoms with E-state index in [1.807, 2.05) is 27.7 Å². The molecule has 1 atom stereocenters. The van der Waals surface area contributed by atoms with Gasteiger partial charge in [-0.05, 0) is 33.7 Å². The summed E-state index contributed by atoms with van der Waals surface area (Å²) in [4.78, 5) is 11.4. The first kappa shape index (κ1) is 15.4. The van der Waals surface area contributed by atoms with E-state index >= 15 is 0 Å². The Morgan fingerprint density at radius 2 is 2.00 bits per heavy atom. The molecule has 0 aliphatic rings. The summed E-state index contributed by atoms with van der Waals surface area (Å²) in [6.45, 7) is 10.4. The molecule has 0 spiro atoms. The van der Waals surface area contributed by atoms with Gasteiger partial charge in [0.15, 0.2) is 0 Å². The van der Waals surface area contributed by atoms with Gasteiger partial charge in [0.1, 0.15) is 0 Å². The molecule has 0 rings (SSSR count). The van der Waals surface area contributed by atoms with Crippen LogP contribution in [0.4, 0.5) is 0 Å². The van der Waals surface area contributed by atoms with Crippen molar-refractivity contribution in [2.24, 2.45) is 0 Å². The predicted molar refractivity (Wildman–Crippen MR) is 66.5 cm³/mol. The summed E-state index contributed by atoms with van der Waals surface area (Å²) in [5.41, 5.74) is 0. The monoisotopic (exact) mass is 230 g/mol. The molecule has 1 unspecified atom stereocenters. The van der Waals surface area contributed by atoms with Crippen LogP contribution in [0.2, 0.25) is 0 Å². The van der Waals surface area contributed by atoms with Crippen molar-refractivity contribution in [3.63, 3.8) is 0 Å². The Kier molecular flexibility index (Phi) is 9.24. The van der Waals surface area contributed by atoms with Gasteiger partial charge >= 0.3 is 0 Å². The van der Waals surface area contributed by atoms with E-state index in [2.05, 4.69) is 10.6 Å². The highest BCUT2D eigenvalue weighted by Crippen LogP contribution is 1.92. The highest BCUT2D eigenvalue weighted by molar-refractivity contribution is 5.76. The maximum atomic E-state index is 11.4. The molecule has 2 N–H and O–H groups in total. The Labute approximate surface area is 99.1 Å². The molecule has 96 valence electrons. The topological polar surface area (TPSA) is 50.4 Å². The number of ether oxygens (including phenoxy) is 1. The summed E-state index contributed by atoms with van der Waals surface area (Å²) in [5, 5.41) is 6.09. The van der Waals surface area contributed by atoms with E-state index in [-0.39, 0.29) is 18.1 Å². The Morgan fingerprint density at radius 3 is 2.56 bits per heavy atom. The van der Waals surface area contributed by atoms with Gasteiger partial charge in [0, 0.05) is 25.6 Å². The minimum Gasteiger partial charge on any atom is -0.379 e. The van der Waals surface area contributed by atoms with Gasteiger partial charge in [0.25, 0.3) is 0 Å². The molecular formula is C12H26N2O2. The zero-order valence-electron chi connectivity index (χ0n) is 11.0. The van der Waals surface area contributed by atoms with Crippen molar-refractivity contribution >= 4 is 5.91 Å². The number of carbonyl (C=O) groups excluding carboxylic acids is 1. The van der Waals surface area contributed by atoms with E-state index in [9.17, 15) is 4.79 Å². The fourth-order valence-electron chi connectivity index (χ4n) is 1.39. The highest BCUT2D eigenvalue weighted by Gasteiger charge is 2.06. The van der Waals surface area contributed by atoms with Gasteiger partial charge < -0.3 is 15.4 Å². The average Bonchev–Trinajstić information content (AvgIpc) is 2.16. The zero-order valence-corrected chi connectivity index (χ0v) is 11.0. The number of hydrogen-bond acceptors (Lipinski definition) is 3. The lowest BCUT2D eigenvalue weighted by atomic mass is 10.2. The second kappa shape index (κ2) is 9.60. The van der Waals surface area contributed by atoms with E-state index in [4.69, 9.17) is 4.74 Å². The van der Waals surface area contributed by atoms with Crippen LogP contribution in [0, 0.1) is 0 Å². The number of amides is 1. The van der Waals surface area contributed by atoms with Crippen LogP contribution in [-0.2, 0) is 9.53 Å². The first-order chi connectivity index (χ1) is 7.56. The lowest BCUT2D eigenvalue weighted by Gasteiger charge is -2.12. The van der Waals surface area contributed by atoms with Gasteiger partial charge in [-0.1, -0.05) is 6.92 Å². The molecule has 0 saturated heterocycles. The van der Waals surface area contributed by atoms with E-state index in [1.54, 1.807) is 0 Å². The second-order valence-electron chi connectivity index (χ2n) is 4.29. The summed E-state index contributed by atoms with van der Waals surface area (Å²) >= 11 is 0. The van der Waals surface area contributed by atoms with Crippen LogP contribution in [-0.4, -0.2) is 37.7 Å². The van der Waals surface area contributed by atoms with Gasteiger partial charge in [0.05, 0.1) is 6.10 Å². The molecule has 0 aromatic heterocycles. The van der Waals surface area contributed by atoms with Crippen LogP contribution >= 0.6 is 0 Å². The molecule has 0 aliphatic heterocycles. The molecule has 0 aromatic carbocycles. The summed E-state index contributed by atoms with van der Waals surface area (Å²) in [7, 11) is 0. The van der Waals surface area contributed by atoms with Crippen LogP contribution in [0.1, 0.15) is 40.5 Å². The molecular weight excluding hydrogens is 204 g/mol. The normalized spacial score (nSPS) is 12.8. The lowest BCUT2D eigenvalue weighted by molar-refractivity contribution is -0.121. The van der Waals surface area contributed by atoms with Crippen LogP contribution in [0.25, 0.3) is 0 Å². The van der Waals surface area contributed by atoms with Crippen molar-refractivity contribution in [1.82, 2.24) is 10.6 Å². The summed E-state index contributed by atoms with van der Waals surface area (Å²) in [5.74, 6) is 0.109. The van der Waals surface area contributed by atoms with Gasteiger partial charge in [-0.3, -0.25) is 4.79 Å². The second-order valence-corrected chi connectivity index (χ2v) is 4.29. The van der Waals surface area contributed by atoms with E-state index in [0.717, 1.165) is 13.0 Å². The van der Waals surface area contributed by atoms with Crippen LogP contribution in [0.3, 0.4) is 0 Å². The van der Waals surface area contributed by atoms with Gasteiger partial charge in [0.2, 0.25) is 5.91 Å². The van der Waals surface area contributed by atoms with E-state index < -0.39 is 0 Å². The number of rotatable bonds is 9. The molecule has 16 heavy (non-hydrogen) atoms. The number of carbonyl (C=O) groups is 1. The largest absolute Gasteiger partial charge is 0.379 e. The third-order valence-corrected chi connectivity index (χ3v) is 2.14. The first-order valence-corrected chi connectivity index (χ1v) is 6.18. The number of hydrogen-bond donors (Lipinski definition) is 2. The third kappa shape index (κ3) is 9.93. The van der Waals surface area contributed by atoms with Gasteiger partial charge in [-0.2, -0.15) is 0 Å². The zero-order chi connectivity index (χ0) is 12.4. The van der Waals surface area contributed by atoms with Crippen molar-refractivity contribution in [2.45, 2.75) is 52.7 Å². The minimum absolute atomic E-state index is 0.109. The Bertz CT molecular complexity index is 184. The molecule has 0 heterocycles. The molecule has 4 heteroatoms. The fraction of sp³-hybridized carbons (Fsp3) is 0.917. The lowest BCUT2D eigenvalue weighted by Crippen LogP contribution is -2.34. The maximum Gasteiger partial charge on any atom is 0.221 e. The van der Waals surface area contributed by atoms with Crippen LogP contribution in [0.5, 0.6) is 0 Å². The van der Waals surface area contributed by atoms with E-state index in [0.29, 0.717) is 19.6 Å². The number of nitrogens with one attached hydrogen (secondary N) is 2.